The second-order valence-corrected chi connectivity index (χ2v) is 15.1. The van der Waals surface area contributed by atoms with Crippen LogP contribution in [-0.2, 0) is 24.4 Å². The van der Waals surface area contributed by atoms with E-state index in [1.165, 1.54) is 5.56 Å². The van der Waals surface area contributed by atoms with E-state index in [0.29, 0.717) is 78.8 Å². The predicted molar refractivity (Wildman–Crippen MR) is 211 cm³/mol. The largest absolute Gasteiger partial charge is 0.493 e. The van der Waals surface area contributed by atoms with Crippen LogP contribution in [0.25, 0.3) is 11.1 Å². The van der Waals surface area contributed by atoms with Gasteiger partial charge in [-0.3, -0.25) is 9.69 Å². The van der Waals surface area contributed by atoms with E-state index in [2.05, 4.69) is 53.5 Å². The summed E-state index contributed by atoms with van der Waals surface area (Å²) in [6.45, 7) is 7.37. The third-order valence-electron chi connectivity index (χ3n) is 10.1. The molecule has 4 aromatic carbocycles. The van der Waals surface area contributed by atoms with Crippen molar-refractivity contribution in [3.05, 3.63) is 111 Å². The highest BCUT2D eigenvalue weighted by Gasteiger charge is 2.38. The highest BCUT2D eigenvalue weighted by Crippen LogP contribution is 2.44. The second kappa shape index (κ2) is 18.0. The molecule has 1 heterocycles. The predicted octanol–water partition coefficient (Wildman–Crippen LogP) is 8.26. The SMILES string of the molecule is Cc1c(OCCCN2CC(C)(F)C2)cccc1-c1cccc2c1CC[C@@H]2Oc1cc(OCc2cc(C#N)cc(C#N)c2)c(CNCCCCC(N)=O)cc1Cl. The molecular weight excluding hydrogens is 717 g/mol. The number of carbonyl (C=O) groups is 1. The van der Waals surface area contributed by atoms with Crippen molar-refractivity contribution in [3.8, 4) is 40.5 Å². The summed E-state index contributed by atoms with van der Waals surface area (Å²) in [6, 6.07) is 25.3. The summed E-state index contributed by atoms with van der Waals surface area (Å²) in [6.07, 6.45) is 4.03. The molecule has 0 aromatic heterocycles. The van der Waals surface area contributed by atoms with E-state index >= 15 is 0 Å². The van der Waals surface area contributed by atoms with Gasteiger partial charge in [0.05, 0.1) is 34.9 Å². The van der Waals surface area contributed by atoms with Gasteiger partial charge in [-0.25, -0.2) is 4.39 Å². The summed E-state index contributed by atoms with van der Waals surface area (Å²) in [5, 5.41) is 22.8. The van der Waals surface area contributed by atoms with Crippen LogP contribution in [0.3, 0.4) is 0 Å². The van der Waals surface area contributed by atoms with Crippen LogP contribution >= 0.6 is 11.6 Å². The first kappa shape index (κ1) is 39.6. The van der Waals surface area contributed by atoms with Crippen molar-refractivity contribution in [2.45, 2.75) is 77.3 Å². The molecule has 1 saturated heterocycles. The Morgan fingerprint density at radius 2 is 1.73 bits per heavy atom. The second-order valence-electron chi connectivity index (χ2n) is 14.7. The molecule has 1 aliphatic carbocycles. The van der Waals surface area contributed by atoms with E-state index in [4.69, 9.17) is 31.5 Å². The van der Waals surface area contributed by atoms with E-state index in [0.717, 1.165) is 65.8 Å². The summed E-state index contributed by atoms with van der Waals surface area (Å²) >= 11 is 6.89. The molecule has 0 bridgehead atoms. The number of likely N-dealkylation sites (tertiary alicyclic amines) is 1. The van der Waals surface area contributed by atoms with Gasteiger partial charge in [-0.05, 0) is 116 Å². The number of nitriles is 2. The lowest BCUT2D eigenvalue weighted by Crippen LogP contribution is -2.57. The number of benzene rings is 4. The lowest BCUT2D eigenvalue weighted by atomic mass is 9.93. The molecule has 1 amide bonds. The third-order valence-corrected chi connectivity index (χ3v) is 10.4. The van der Waals surface area contributed by atoms with Gasteiger partial charge in [0.2, 0.25) is 5.91 Å². The number of nitrogens with two attached hydrogens (primary N) is 1. The van der Waals surface area contributed by atoms with Crippen molar-refractivity contribution >= 4 is 17.5 Å². The number of carbonyl (C=O) groups excluding carboxylic acids is 1. The van der Waals surface area contributed by atoms with Crippen molar-refractivity contribution in [3.63, 3.8) is 0 Å². The van der Waals surface area contributed by atoms with Gasteiger partial charge in [0.1, 0.15) is 35.6 Å². The number of alkyl halides is 1. The van der Waals surface area contributed by atoms with Crippen molar-refractivity contribution < 1.29 is 23.4 Å². The third kappa shape index (κ3) is 10.1. The molecule has 9 nitrogen and oxygen atoms in total. The first-order chi connectivity index (χ1) is 26.5. The highest BCUT2D eigenvalue weighted by molar-refractivity contribution is 6.32. The van der Waals surface area contributed by atoms with E-state index in [1.54, 1.807) is 25.1 Å². The van der Waals surface area contributed by atoms with Crippen LogP contribution in [0.1, 0.15) is 84.1 Å². The molecule has 1 atom stereocenters. The molecule has 6 rings (SSSR count). The van der Waals surface area contributed by atoms with Crippen LogP contribution in [0.2, 0.25) is 5.02 Å². The van der Waals surface area contributed by atoms with Crippen molar-refractivity contribution in [2.24, 2.45) is 5.73 Å². The number of nitrogens with zero attached hydrogens (tertiary/aromatic N) is 3. The molecule has 1 aliphatic heterocycles. The molecule has 0 unspecified atom stereocenters. The molecule has 4 aromatic rings. The number of nitrogens with one attached hydrogen (secondary N) is 1. The lowest BCUT2D eigenvalue weighted by Gasteiger charge is -2.42. The van der Waals surface area contributed by atoms with E-state index < -0.39 is 5.67 Å². The van der Waals surface area contributed by atoms with Crippen LogP contribution < -0.4 is 25.3 Å². The Bertz CT molecular complexity index is 2070. The van der Waals surface area contributed by atoms with E-state index in [1.807, 2.05) is 24.3 Å². The number of halogens is 2. The Labute approximate surface area is 327 Å². The summed E-state index contributed by atoms with van der Waals surface area (Å²) in [5.41, 5.74) is 12.2. The molecule has 0 spiro atoms. The Morgan fingerprint density at radius 3 is 2.45 bits per heavy atom. The smallest absolute Gasteiger partial charge is 0.217 e. The maximum atomic E-state index is 13.9. The first-order valence-corrected chi connectivity index (χ1v) is 19.2. The zero-order chi connectivity index (χ0) is 39.0. The fourth-order valence-corrected chi connectivity index (χ4v) is 7.73. The topological polar surface area (TPSA) is 134 Å². The van der Waals surface area contributed by atoms with Gasteiger partial charge in [-0.2, -0.15) is 10.5 Å². The molecule has 0 saturated carbocycles. The zero-order valence-corrected chi connectivity index (χ0v) is 32.2. The van der Waals surface area contributed by atoms with Crippen LogP contribution in [0.15, 0.2) is 66.7 Å². The van der Waals surface area contributed by atoms with Gasteiger partial charge in [0, 0.05) is 44.2 Å². The first-order valence-electron chi connectivity index (χ1n) is 18.8. The zero-order valence-electron chi connectivity index (χ0n) is 31.4. The van der Waals surface area contributed by atoms with Gasteiger partial charge >= 0.3 is 0 Å². The van der Waals surface area contributed by atoms with Gasteiger partial charge in [-0.1, -0.05) is 41.9 Å². The van der Waals surface area contributed by atoms with E-state index in [-0.39, 0.29) is 18.6 Å². The number of primary amides is 1. The van der Waals surface area contributed by atoms with Crippen molar-refractivity contribution in [2.75, 3.05) is 32.8 Å². The minimum atomic E-state index is -1.06. The molecule has 11 heteroatoms. The molecule has 3 N–H and O–H groups in total. The van der Waals surface area contributed by atoms with E-state index in [9.17, 15) is 19.7 Å². The monoisotopic (exact) mass is 763 g/mol. The van der Waals surface area contributed by atoms with Gasteiger partial charge in [0.25, 0.3) is 0 Å². The van der Waals surface area contributed by atoms with Gasteiger partial charge < -0.3 is 25.3 Å². The number of fused-ring (bicyclic) bond motifs is 1. The Balaban J connectivity index is 1.17. The average molecular weight is 764 g/mol. The molecular formula is C44H47ClFN5O4. The molecule has 0 radical (unpaired) electrons. The number of hydrogen-bond acceptors (Lipinski definition) is 8. The number of unbranched alkanes of at least 4 members (excludes halogenated alkanes) is 1. The Morgan fingerprint density at radius 1 is 0.982 bits per heavy atom. The molecule has 55 heavy (non-hydrogen) atoms. The molecule has 286 valence electrons. The quantitative estimate of drug-likeness (QED) is 0.0969. The molecule has 2 aliphatic rings. The van der Waals surface area contributed by atoms with Crippen LogP contribution in [0, 0.1) is 29.6 Å². The summed E-state index contributed by atoms with van der Waals surface area (Å²) < 4.78 is 33.1. The number of rotatable bonds is 18. The van der Waals surface area contributed by atoms with Gasteiger partial charge in [-0.15, -0.1) is 0 Å². The number of amides is 1. The number of hydrogen-bond donors (Lipinski definition) is 2. The van der Waals surface area contributed by atoms with Crippen molar-refractivity contribution in [1.82, 2.24) is 10.2 Å². The summed E-state index contributed by atoms with van der Waals surface area (Å²) in [5.74, 6) is 1.60. The summed E-state index contributed by atoms with van der Waals surface area (Å²) in [4.78, 5) is 13.2. The van der Waals surface area contributed by atoms with Crippen LogP contribution in [-0.4, -0.2) is 49.3 Å². The maximum Gasteiger partial charge on any atom is 0.217 e. The normalized spacial score (nSPS) is 15.7. The minimum Gasteiger partial charge on any atom is -0.493 e. The Hall–Kier alpha value is -5.13. The van der Waals surface area contributed by atoms with Crippen LogP contribution in [0.5, 0.6) is 17.2 Å². The number of ether oxygens (including phenoxy) is 3. The maximum absolute atomic E-state index is 13.9. The minimum absolute atomic E-state index is 0.131. The lowest BCUT2D eigenvalue weighted by molar-refractivity contribution is -0.118. The Kier molecular flexibility index (Phi) is 12.9. The standard InChI is InChI=1S/C44H47ClFN5O4/c1-29-34(8-6-11-39(29)53-17-7-16-51-27-44(2,46)28-51)35-9-5-10-37-36(35)13-14-40(37)55-42-22-41(54-26-32-19-30(23-47)18-31(20-32)24-48)33(21-38(42)45)25-50-15-4-3-12-43(49)52/h5-6,8-11,18-22,40,50H,3-4,7,12-17,25-28H2,1-2H3,(H2,49,52)/t40-/m0/s1. The fraction of sp³-hybridized carbons (Fsp3) is 0.386. The summed E-state index contributed by atoms with van der Waals surface area (Å²) in [7, 11) is 0. The molecule has 1 fully saturated rings. The fourth-order valence-electron chi connectivity index (χ4n) is 7.50. The average Bonchev–Trinajstić information content (AvgIpc) is 3.57. The highest BCUT2D eigenvalue weighted by atomic mass is 35.5. The van der Waals surface area contributed by atoms with Crippen molar-refractivity contribution in [1.29, 1.82) is 10.5 Å². The van der Waals surface area contributed by atoms with Gasteiger partial charge in [0.15, 0.2) is 0 Å². The van der Waals surface area contributed by atoms with Crippen LogP contribution in [0.4, 0.5) is 4.39 Å².